The van der Waals surface area contributed by atoms with E-state index in [9.17, 15) is 13.2 Å². The minimum absolute atomic E-state index is 0.292. The molecule has 144 valence electrons. The molecule has 0 bridgehead atoms. The standard InChI is InChI=1S/C19H14F3N3O3/c20-19(21,22)27-13-5-3-12(4-6-13)17-10-18(25-28-17)26-14-7-8-16(24-11-14)15-2-1-9-23-15/h1-9,11,17,23H,10H2/t17-/m0/s1. The van der Waals surface area contributed by atoms with E-state index in [-0.39, 0.29) is 5.75 Å². The van der Waals surface area contributed by atoms with Crippen molar-refractivity contribution >= 4 is 5.90 Å². The molecule has 1 aliphatic rings. The van der Waals surface area contributed by atoms with Gasteiger partial charge in [-0.2, -0.15) is 0 Å². The lowest BCUT2D eigenvalue weighted by molar-refractivity contribution is -0.274. The molecule has 4 rings (SSSR count). The summed E-state index contributed by atoms with van der Waals surface area (Å²) in [7, 11) is 0. The van der Waals surface area contributed by atoms with Crippen LogP contribution in [0.1, 0.15) is 18.1 Å². The minimum Gasteiger partial charge on any atom is -0.438 e. The quantitative estimate of drug-likeness (QED) is 0.694. The van der Waals surface area contributed by atoms with Gasteiger partial charge in [0.2, 0.25) is 5.90 Å². The van der Waals surface area contributed by atoms with E-state index in [0.717, 1.165) is 11.4 Å². The summed E-state index contributed by atoms with van der Waals surface area (Å²) < 4.78 is 46.2. The average molecular weight is 389 g/mol. The molecule has 0 saturated heterocycles. The number of hydrogen-bond acceptors (Lipinski definition) is 5. The van der Waals surface area contributed by atoms with Gasteiger partial charge >= 0.3 is 6.36 Å². The predicted octanol–water partition coefficient (Wildman–Crippen LogP) is 4.83. The summed E-state index contributed by atoms with van der Waals surface area (Å²) in [4.78, 5) is 12.7. The van der Waals surface area contributed by atoms with Crippen molar-refractivity contribution in [2.24, 2.45) is 5.16 Å². The van der Waals surface area contributed by atoms with Crippen molar-refractivity contribution in [3.8, 4) is 22.9 Å². The Morgan fingerprint density at radius 1 is 1.04 bits per heavy atom. The Kier molecular flexibility index (Phi) is 4.64. The fourth-order valence-electron chi connectivity index (χ4n) is 2.70. The zero-order chi connectivity index (χ0) is 19.6. The molecule has 0 unspecified atom stereocenters. The molecule has 0 amide bonds. The molecule has 2 aromatic heterocycles. The van der Waals surface area contributed by atoms with Gasteiger partial charge in [0.25, 0.3) is 0 Å². The Morgan fingerprint density at radius 3 is 2.46 bits per heavy atom. The van der Waals surface area contributed by atoms with Crippen LogP contribution < -0.4 is 9.47 Å². The second-order valence-corrected chi connectivity index (χ2v) is 5.97. The Hall–Kier alpha value is -3.49. The Morgan fingerprint density at radius 2 is 1.82 bits per heavy atom. The van der Waals surface area contributed by atoms with E-state index in [4.69, 9.17) is 9.57 Å². The first kappa shape index (κ1) is 17.9. The average Bonchev–Trinajstić information content (AvgIpc) is 3.34. The van der Waals surface area contributed by atoms with Crippen LogP contribution in [0.3, 0.4) is 0 Å². The first-order valence-corrected chi connectivity index (χ1v) is 8.32. The van der Waals surface area contributed by atoms with Crippen molar-refractivity contribution in [1.29, 1.82) is 0 Å². The molecule has 6 nitrogen and oxygen atoms in total. The van der Waals surface area contributed by atoms with E-state index in [1.807, 2.05) is 24.4 Å². The molecule has 0 saturated carbocycles. The van der Waals surface area contributed by atoms with E-state index >= 15 is 0 Å². The molecular formula is C19H14F3N3O3. The molecule has 3 heterocycles. The number of ether oxygens (including phenoxy) is 2. The topological polar surface area (TPSA) is 68.7 Å². The van der Waals surface area contributed by atoms with Crippen LogP contribution in [-0.4, -0.2) is 22.2 Å². The fourth-order valence-corrected chi connectivity index (χ4v) is 2.70. The third-order valence-corrected chi connectivity index (χ3v) is 3.97. The maximum atomic E-state index is 12.2. The van der Waals surface area contributed by atoms with Gasteiger partial charge < -0.3 is 19.3 Å². The van der Waals surface area contributed by atoms with Crippen LogP contribution in [0.4, 0.5) is 13.2 Å². The van der Waals surface area contributed by atoms with Crippen molar-refractivity contribution < 1.29 is 27.5 Å². The first-order chi connectivity index (χ1) is 13.5. The maximum Gasteiger partial charge on any atom is 0.573 e. The number of aromatic nitrogens is 2. The van der Waals surface area contributed by atoms with E-state index < -0.39 is 12.5 Å². The molecular weight excluding hydrogens is 375 g/mol. The second-order valence-electron chi connectivity index (χ2n) is 5.97. The van der Waals surface area contributed by atoms with Crippen molar-refractivity contribution in [2.75, 3.05) is 0 Å². The summed E-state index contributed by atoms with van der Waals surface area (Å²) in [5.41, 5.74) is 2.34. The molecule has 3 aromatic rings. The summed E-state index contributed by atoms with van der Waals surface area (Å²) in [6.07, 6.45) is -1.43. The highest BCUT2D eigenvalue weighted by molar-refractivity contribution is 5.79. The molecule has 1 aromatic carbocycles. The molecule has 0 aliphatic carbocycles. The van der Waals surface area contributed by atoms with Crippen LogP contribution in [0.15, 0.2) is 66.1 Å². The van der Waals surface area contributed by atoms with Crippen molar-refractivity contribution in [3.63, 3.8) is 0 Å². The number of aromatic amines is 1. The number of halogens is 3. The molecule has 9 heteroatoms. The van der Waals surface area contributed by atoms with Gasteiger partial charge in [-0.3, -0.25) is 4.98 Å². The summed E-state index contributed by atoms with van der Waals surface area (Å²) in [5.74, 6) is 0.571. The third kappa shape index (κ3) is 4.25. The lowest BCUT2D eigenvalue weighted by Crippen LogP contribution is -2.17. The monoisotopic (exact) mass is 389 g/mol. The molecule has 0 radical (unpaired) electrons. The maximum absolute atomic E-state index is 12.2. The SMILES string of the molecule is FC(F)(F)Oc1ccc([C@@H]2CC(Oc3ccc(-c4ccc[nH]4)nc3)=NO2)cc1. The van der Waals surface area contributed by atoms with Crippen molar-refractivity contribution in [1.82, 2.24) is 9.97 Å². The predicted molar refractivity (Wildman–Crippen MR) is 93.7 cm³/mol. The van der Waals surface area contributed by atoms with Crippen LogP contribution in [-0.2, 0) is 4.84 Å². The largest absolute Gasteiger partial charge is 0.573 e. The number of pyridine rings is 1. The second kappa shape index (κ2) is 7.26. The normalized spacial score (nSPS) is 16.4. The molecule has 0 fully saturated rings. The summed E-state index contributed by atoms with van der Waals surface area (Å²) in [6, 6.07) is 12.8. The van der Waals surface area contributed by atoms with Gasteiger partial charge in [0.15, 0.2) is 6.10 Å². The van der Waals surface area contributed by atoms with Gasteiger partial charge in [-0.05, 0) is 42.0 Å². The lowest BCUT2D eigenvalue weighted by Gasteiger charge is -2.11. The highest BCUT2D eigenvalue weighted by Gasteiger charge is 2.31. The van der Waals surface area contributed by atoms with E-state index in [2.05, 4.69) is 19.9 Å². The highest BCUT2D eigenvalue weighted by atomic mass is 19.4. The molecule has 0 spiro atoms. The van der Waals surface area contributed by atoms with Gasteiger partial charge in [-0.15, -0.1) is 13.2 Å². The van der Waals surface area contributed by atoms with E-state index in [1.54, 1.807) is 12.3 Å². The van der Waals surface area contributed by atoms with Gasteiger partial charge in [0.1, 0.15) is 11.5 Å². The van der Waals surface area contributed by atoms with E-state index in [1.165, 1.54) is 24.3 Å². The van der Waals surface area contributed by atoms with Gasteiger partial charge in [0.05, 0.1) is 24.0 Å². The fraction of sp³-hybridized carbons (Fsp3) is 0.158. The van der Waals surface area contributed by atoms with Gasteiger partial charge in [-0.1, -0.05) is 17.3 Å². The van der Waals surface area contributed by atoms with Crippen LogP contribution in [0, 0.1) is 0 Å². The number of alkyl halides is 3. The Bertz CT molecular complexity index is 953. The summed E-state index contributed by atoms with van der Waals surface area (Å²) in [5, 5.41) is 3.89. The zero-order valence-electron chi connectivity index (χ0n) is 14.3. The van der Waals surface area contributed by atoms with Crippen LogP contribution in [0.25, 0.3) is 11.4 Å². The van der Waals surface area contributed by atoms with Crippen molar-refractivity contribution in [2.45, 2.75) is 18.9 Å². The lowest BCUT2D eigenvalue weighted by atomic mass is 10.1. The number of oxime groups is 1. The minimum atomic E-state index is -4.72. The summed E-state index contributed by atoms with van der Waals surface area (Å²) in [6.45, 7) is 0. The number of hydrogen-bond donors (Lipinski definition) is 1. The number of nitrogens with zero attached hydrogens (tertiary/aromatic N) is 2. The number of nitrogens with one attached hydrogen (secondary N) is 1. The zero-order valence-corrected chi connectivity index (χ0v) is 14.3. The summed E-state index contributed by atoms with van der Waals surface area (Å²) >= 11 is 0. The number of benzene rings is 1. The Balaban J connectivity index is 1.35. The smallest absolute Gasteiger partial charge is 0.438 e. The van der Waals surface area contributed by atoms with Crippen molar-refractivity contribution in [3.05, 3.63) is 66.5 Å². The van der Waals surface area contributed by atoms with Gasteiger partial charge in [-0.25, -0.2) is 0 Å². The van der Waals surface area contributed by atoms with Crippen LogP contribution in [0.5, 0.6) is 11.5 Å². The first-order valence-electron chi connectivity index (χ1n) is 8.32. The van der Waals surface area contributed by atoms with E-state index in [0.29, 0.717) is 23.6 Å². The molecule has 1 N–H and O–H groups in total. The van der Waals surface area contributed by atoms with Crippen LogP contribution >= 0.6 is 0 Å². The number of rotatable bonds is 4. The highest BCUT2D eigenvalue weighted by Crippen LogP contribution is 2.31. The third-order valence-electron chi connectivity index (χ3n) is 3.97. The Labute approximate surface area is 157 Å². The molecule has 1 atom stereocenters. The number of H-pyrrole nitrogens is 1. The van der Waals surface area contributed by atoms with Crippen LogP contribution in [0.2, 0.25) is 0 Å². The molecule has 28 heavy (non-hydrogen) atoms. The van der Waals surface area contributed by atoms with Gasteiger partial charge in [0, 0.05) is 6.20 Å². The molecule has 1 aliphatic heterocycles.